The third-order valence-corrected chi connectivity index (χ3v) is 5.21. The summed E-state index contributed by atoms with van der Waals surface area (Å²) < 4.78 is 29.4. The van der Waals surface area contributed by atoms with E-state index in [1.807, 2.05) is 0 Å². The number of alkyl halides is 1. The van der Waals surface area contributed by atoms with Gasteiger partial charge in [-0.1, -0.05) is 40.5 Å². The molecule has 1 aromatic carbocycles. The van der Waals surface area contributed by atoms with Crippen LogP contribution in [-0.2, 0) is 23.8 Å². The maximum atomic E-state index is 14.0. The second-order valence-electron chi connectivity index (χ2n) is 6.14. The number of oxime groups is 1. The Labute approximate surface area is 188 Å². The zero-order valence-electron chi connectivity index (χ0n) is 16.8. The van der Waals surface area contributed by atoms with Crippen LogP contribution in [0, 0.1) is 0 Å². The Hall–Kier alpha value is -2.62. The van der Waals surface area contributed by atoms with E-state index in [-0.39, 0.29) is 52.4 Å². The van der Waals surface area contributed by atoms with Crippen molar-refractivity contribution in [2.75, 3.05) is 33.6 Å². The molecule has 1 atom stereocenters. The summed E-state index contributed by atoms with van der Waals surface area (Å²) in [4.78, 5) is 25.6. The van der Waals surface area contributed by atoms with Gasteiger partial charge in [0.2, 0.25) is 0 Å². The molecule has 11 heteroatoms. The van der Waals surface area contributed by atoms with E-state index in [4.69, 9.17) is 42.6 Å². The number of allylic oxidation sites excluding steroid dienone is 1. The molecule has 2 rings (SSSR count). The lowest BCUT2D eigenvalue weighted by molar-refractivity contribution is -0.139. The Bertz CT molecular complexity index is 932. The molecule has 1 aromatic rings. The van der Waals surface area contributed by atoms with E-state index in [0.29, 0.717) is 5.56 Å². The van der Waals surface area contributed by atoms with Crippen LogP contribution in [0.5, 0.6) is 0 Å². The molecule has 1 unspecified atom stereocenters. The van der Waals surface area contributed by atoms with Gasteiger partial charge < -0.3 is 24.7 Å². The number of nitrogens with zero attached hydrogens (tertiary/aromatic N) is 1. The van der Waals surface area contributed by atoms with Gasteiger partial charge in [0.15, 0.2) is 0 Å². The first-order valence-corrected chi connectivity index (χ1v) is 9.88. The van der Waals surface area contributed by atoms with Gasteiger partial charge in [0.05, 0.1) is 71.6 Å². The summed E-state index contributed by atoms with van der Waals surface area (Å²) in [5.74, 6) is -2.74. The highest BCUT2D eigenvalue weighted by atomic mass is 35.5. The largest absolute Gasteiger partial charge is 0.466 e. The van der Waals surface area contributed by atoms with Gasteiger partial charge in [0.25, 0.3) is 0 Å². The first-order chi connectivity index (χ1) is 14.9. The fourth-order valence-electron chi connectivity index (χ4n) is 3.13. The predicted molar refractivity (Wildman–Crippen MR) is 112 cm³/mol. The van der Waals surface area contributed by atoms with Crippen LogP contribution < -0.4 is 5.32 Å². The molecule has 0 saturated carbocycles. The van der Waals surface area contributed by atoms with Crippen molar-refractivity contribution in [1.82, 2.24) is 5.32 Å². The molecular weight excluding hydrogens is 454 g/mol. The summed E-state index contributed by atoms with van der Waals surface area (Å²) in [6.45, 7) is 0.327. The number of ether oxygens (including phenoxy) is 3. The molecule has 2 N–H and O–H groups in total. The maximum absolute atomic E-state index is 14.0. The quantitative estimate of drug-likeness (QED) is 0.186. The van der Waals surface area contributed by atoms with Gasteiger partial charge in [-0.25, -0.2) is 14.0 Å². The van der Waals surface area contributed by atoms with Crippen molar-refractivity contribution in [1.29, 1.82) is 0 Å². The van der Waals surface area contributed by atoms with Crippen LogP contribution in [0.3, 0.4) is 0 Å². The van der Waals surface area contributed by atoms with E-state index in [0.717, 1.165) is 13.3 Å². The first-order valence-electron chi connectivity index (χ1n) is 9.13. The monoisotopic (exact) mass is 474 g/mol. The molecule has 0 saturated heterocycles. The van der Waals surface area contributed by atoms with Crippen LogP contribution in [-0.4, -0.2) is 57.0 Å². The molecule has 0 bridgehead atoms. The molecule has 0 spiro atoms. The Kier molecular flexibility index (Phi) is 9.29. The molecule has 0 fully saturated rings. The number of halogens is 3. The summed E-state index contributed by atoms with van der Waals surface area (Å²) >= 11 is 12.6. The summed E-state index contributed by atoms with van der Waals surface area (Å²) in [5.41, 5.74) is 0.184. The number of hydrogen-bond donors (Lipinski definition) is 2. The molecule has 8 nitrogen and oxygen atoms in total. The first kappa shape index (κ1) is 24.6. The SMILES string of the molecule is CCOC(=O)C1=C(COCC=NO)NC(CF)=C(C(=O)OC)C1c1cccc(Cl)c1Cl. The number of carbonyl (C=O) groups is 2. The van der Waals surface area contributed by atoms with E-state index >= 15 is 0 Å². The van der Waals surface area contributed by atoms with Gasteiger partial charge in [-0.3, -0.25) is 0 Å². The van der Waals surface area contributed by atoms with Gasteiger partial charge in [0.1, 0.15) is 6.67 Å². The van der Waals surface area contributed by atoms with Crippen molar-refractivity contribution in [3.63, 3.8) is 0 Å². The number of dihydropyridines is 1. The second-order valence-corrected chi connectivity index (χ2v) is 6.93. The van der Waals surface area contributed by atoms with E-state index in [9.17, 15) is 14.0 Å². The summed E-state index contributed by atoms with van der Waals surface area (Å²) in [6, 6.07) is 4.70. The molecule has 0 amide bonds. The van der Waals surface area contributed by atoms with Crippen molar-refractivity contribution in [3.8, 4) is 0 Å². The molecule has 0 aliphatic carbocycles. The van der Waals surface area contributed by atoms with E-state index < -0.39 is 24.5 Å². The van der Waals surface area contributed by atoms with Gasteiger partial charge >= 0.3 is 11.9 Å². The van der Waals surface area contributed by atoms with Crippen LogP contribution in [0.15, 0.2) is 45.9 Å². The van der Waals surface area contributed by atoms with E-state index in [1.165, 1.54) is 6.07 Å². The number of methoxy groups -OCH3 is 1. The lowest BCUT2D eigenvalue weighted by Crippen LogP contribution is -2.36. The standard InChI is InChI=1S/C20H21Cl2FN2O6/c1-3-31-20(27)17-14(10-30-8-7-24-28)25-13(9-23)16(19(26)29-2)15(17)11-5-4-6-12(21)18(11)22/h4-7,15,25,28H,3,8-10H2,1-2H3. The van der Waals surface area contributed by atoms with Crippen molar-refractivity contribution in [3.05, 3.63) is 56.3 Å². The highest BCUT2D eigenvalue weighted by molar-refractivity contribution is 6.42. The maximum Gasteiger partial charge on any atom is 0.336 e. The molecule has 0 radical (unpaired) electrons. The molecule has 1 aliphatic rings. The van der Waals surface area contributed by atoms with Crippen molar-refractivity contribution >= 4 is 41.4 Å². The fraction of sp³-hybridized carbons (Fsp3) is 0.350. The Morgan fingerprint density at radius 2 is 1.97 bits per heavy atom. The predicted octanol–water partition coefficient (Wildman–Crippen LogP) is 3.37. The molecule has 0 aromatic heterocycles. The van der Waals surface area contributed by atoms with Gasteiger partial charge in [-0.05, 0) is 18.6 Å². The zero-order valence-corrected chi connectivity index (χ0v) is 18.3. The smallest absolute Gasteiger partial charge is 0.336 e. The Balaban J connectivity index is 2.75. The minimum atomic E-state index is -1.13. The van der Waals surface area contributed by atoms with Crippen LogP contribution in [0.1, 0.15) is 18.4 Å². The minimum Gasteiger partial charge on any atom is -0.466 e. The number of carbonyl (C=O) groups excluding carboxylic acids is 2. The fourth-order valence-corrected chi connectivity index (χ4v) is 3.55. The van der Waals surface area contributed by atoms with Crippen molar-refractivity contribution in [2.24, 2.45) is 5.16 Å². The third kappa shape index (κ3) is 5.55. The normalized spacial score (nSPS) is 16.5. The number of nitrogens with one attached hydrogen (secondary N) is 1. The van der Waals surface area contributed by atoms with Crippen LogP contribution in [0.2, 0.25) is 10.0 Å². The minimum absolute atomic E-state index is 0.00967. The zero-order chi connectivity index (χ0) is 23.0. The van der Waals surface area contributed by atoms with E-state index in [2.05, 4.69) is 10.5 Å². The van der Waals surface area contributed by atoms with Crippen LogP contribution in [0.4, 0.5) is 4.39 Å². The van der Waals surface area contributed by atoms with Crippen molar-refractivity contribution in [2.45, 2.75) is 12.8 Å². The van der Waals surface area contributed by atoms with Crippen molar-refractivity contribution < 1.29 is 33.4 Å². The highest BCUT2D eigenvalue weighted by Gasteiger charge is 2.40. The lowest BCUT2D eigenvalue weighted by atomic mass is 9.80. The number of esters is 2. The van der Waals surface area contributed by atoms with Gasteiger partial charge in [0, 0.05) is 0 Å². The average molecular weight is 475 g/mol. The second kappa shape index (κ2) is 11.7. The van der Waals surface area contributed by atoms with Gasteiger partial charge in [-0.2, -0.15) is 0 Å². The average Bonchev–Trinajstić information content (AvgIpc) is 2.77. The lowest BCUT2D eigenvalue weighted by Gasteiger charge is -2.32. The summed E-state index contributed by atoms with van der Waals surface area (Å²) in [5, 5.41) is 14.4. The highest BCUT2D eigenvalue weighted by Crippen LogP contribution is 2.43. The number of benzene rings is 1. The van der Waals surface area contributed by atoms with E-state index in [1.54, 1.807) is 19.1 Å². The molecule has 1 aliphatic heterocycles. The summed E-state index contributed by atoms with van der Waals surface area (Å²) in [6.07, 6.45) is 1.09. The number of hydrogen-bond acceptors (Lipinski definition) is 8. The molecule has 1 heterocycles. The number of rotatable bonds is 9. The van der Waals surface area contributed by atoms with Crippen LogP contribution in [0.25, 0.3) is 0 Å². The Morgan fingerprint density at radius 1 is 1.26 bits per heavy atom. The van der Waals surface area contributed by atoms with Crippen LogP contribution >= 0.6 is 23.2 Å². The summed E-state index contributed by atoms with van der Waals surface area (Å²) in [7, 11) is 1.14. The Morgan fingerprint density at radius 3 is 2.58 bits per heavy atom. The third-order valence-electron chi connectivity index (χ3n) is 4.38. The molecular formula is C20H21Cl2FN2O6. The molecule has 168 valence electrons. The molecule has 31 heavy (non-hydrogen) atoms. The van der Waals surface area contributed by atoms with Gasteiger partial charge in [-0.15, -0.1) is 0 Å². The topological polar surface area (TPSA) is 106 Å².